The van der Waals surface area contributed by atoms with Crippen molar-refractivity contribution in [3.8, 4) is 17.0 Å². The van der Waals surface area contributed by atoms with Gasteiger partial charge in [0.1, 0.15) is 0 Å². The third kappa shape index (κ3) is 4.31. The molecule has 7 rings (SSSR count). The molecular weight excluding hydrogens is 461 g/mol. The minimum absolute atomic E-state index is 0.286. The molecule has 1 atom stereocenters. The van der Waals surface area contributed by atoms with E-state index in [9.17, 15) is 18.3 Å². The number of aromatic nitrogens is 3. The number of halogens is 3. The molecule has 3 aliphatic heterocycles. The standard InChI is InChI=1S/C24H27F3N6O2/c1-23(2,34)11-32-9-15-16(10-32)20(15)18-6-17(30-22(31-18)33-8-12-3-14(33)4-12)13-5-19(21(28)29-7-13)35-24(25,26)27/h5-7,12,14-15,34H,3-4,8-11H2,1-2H3,(H2,28,29). The largest absolute Gasteiger partial charge is 0.573 e. The van der Waals surface area contributed by atoms with Gasteiger partial charge in [0, 0.05) is 49.9 Å². The lowest BCUT2D eigenvalue weighted by Crippen LogP contribution is -2.37. The second-order valence-electron chi connectivity index (χ2n) is 10.7. The third-order valence-electron chi connectivity index (χ3n) is 7.23. The van der Waals surface area contributed by atoms with Gasteiger partial charge in [-0.15, -0.1) is 13.2 Å². The monoisotopic (exact) mass is 488 g/mol. The van der Waals surface area contributed by atoms with Gasteiger partial charge in [0.05, 0.1) is 17.0 Å². The Hall–Kier alpha value is -2.92. The Balaban J connectivity index is 1.35. The fraction of sp³-hybridized carbons (Fsp3) is 0.542. The Labute approximate surface area is 200 Å². The first-order valence-electron chi connectivity index (χ1n) is 11.8. The molecule has 2 aliphatic carbocycles. The summed E-state index contributed by atoms with van der Waals surface area (Å²) in [6.07, 6.45) is -1.22. The number of nitrogens with zero attached hydrogens (tertiary/aromatic N) is 5. The number of nitrogens with two attached hydrogens (primary N) is 1. The first kappa shape index (κ1) is 22.5. The SMILES string of the molecule is CC(C)(O)CN1CC2=C(c3cc(-c4cnc(N)c(OC(F)(F)F)c4)nc(N4CC5CC4C5)n3)C2C1. The Morgan fingerprint density at radius 2 is 1.89 bits per heavy atom. The minimum Gasteiger partial charge on any atom is -0.402 e. The highest BCUT2D eigenvalue weighted by molar-refractivity contribution is 5.87. The van der Waals surface area contributed by atoms with E-state index in [1.165, 1.54) is 23.4 Å². The first-order chi connectivity index (χ1) is 16.4. The number of ether oxygens (including phenoxy) is 1. The molecule has 186 valence electrons. The van der Waals surface area contributed by atoms with Crippen LogP contribution in [0.15, 0.2) is 23.9 Å². The number of anilines is 2. The van der Waals surface area contributed by atoms with Crippen molar-refractivity contribution in [1.82, 2.24) is 19.9 Å². The molecule has 5 heterocycles. The molecule has 8 nitrogen and oxygen atoms in total. The van der Waals surface area contributed by atoms with Crippen LogP contribution in [0.3, 0.4) is 0 Å². The maximum absolute atomic E-state index is 12.9. The molecule has 0 radical (unpaired) electrons. The third-order valence-corrected chi connectivity index (χ3v) is 7.23. The van der Waals surface area contributed by atoms with Crippen molar-refractivity contribution < 1.29 is 23.0 Å². The zero-order valence-corrected chi connectivity index (χ0v) is 19.5. The summed E-state index contributed by atoms with van der Waals surface area (Å²) in [5.74, 6) is 0.651. The molecule has 2 aromatic heterocycles. The van der Waals surface area contributed by atoms with E-state index in [0.29, 0.717) is 35.7 Å². The zero-order chi connectivity index (χ0) is 24.7. The molecule has 2 bridgehead atoms. The van der Waals surface area contributed by atoms with Gasteiger partial charge in [-0.25, -0.2) is 15.0 Å². The summed E-state index contributed by atoms with van der Waals surface area (Å²) in [6, 6.07) is 3.46. The maximum Gasteiger partial charge on any atom is 0.573 e. The smallest absolute Gasteiger partial charge is 0.402 e. The fourth-order valence-corrected chi connectivity index (χ4v) is 5.72. The molecule has 2 aromatic rings. The number of alkyl halides is 3. The molecule has 11 heteroatoms. The number of aliphatic hydroxyl groups is 1. The number of hydrogen-bond donors (Lipinski definition) is 2. The van der Waals surface area contributed by atoms with Gasteiger partial charge in [-0.05, 0) is 55.9 Å². The summed E-state index contributed by atoms with van der Waals surface area (Å²) >= 11 is 0. The number of β-amino-alcohol motifs (C(OH)–C–C–N with tert-alkyl or cyclic N) is 1. The molecule has 0 amide bonds. The second kappa shape index (κ2) is 7.54. The van der Waals surface area contributed by atoms with Crippen LogP contribution in [0.4, 0.5) is 24.9 Å². The Morgan fingerprint density at radius 1 is 1.14 bits per heavy atom. The van der Waals surface area contributed by atoms with Crippen LogP contribution in [0.1, 0.15) is 32.4 Å². The molecule has 0 aromatic carbocycles. The van der Waals surface area contributed by atoms with Gasteiger partial charge >= 0.3 is 6.36 Å². The lowest BCUT2D eigenvalue weighted by molar-refractivity contribution is -0.274. The van der Waals surface area contributed by atoms with Crippen molar-refractivity contribution in [2.75, 3.05) is 36.8 Å². The van der Waals surface area contributed by atoms with E-state index in [4.69, 9.17) is 15.7 Å². The van der Waals surface area contributed by atoms with Crippen LogP contribution in [0.25, 0.3) is 16.8 Å². The average Bonchev–Trinajstić information content (AvgIpc) is 3.10. The average molecular weight is 489 g/mol. The first-order valence-corrected chi connectivity index (χ1v) is 11.8. The lowest BCUT2D eigenvalue weighted by atomic mass is 9.86. The number of likely N-dealkylation sites (tertiary alicyclic amines) is 1. The van der Waals surface area contributed by atoms with Crippen LogP contribution >= 0.6 is 0 Å². The molecular formula is C24H27F3N6O2. The number of pyridine rings is 1. The van der Waals surface area contributed by atoms with Gasteiger partial charge in [-0.3, -0.25) is 4.90 Å². The van der Waals surface area contributed by atoms with Crippen molar-refractivity contribution in [2.24, 2.45) is 11.8 Å². The van der Waals surface area contributed by atoms with Gasteiger partial charge in [-0.1, -0.05) is 0 Å². The highest BCUT2D eigenvalue weighted by atomic mass is 19.4. The van der Waals surface area contributed by atoms with E-state index >= 15 is 0 Å². The topological polar surface area (TPSA) is 101 Å². The van der Waals surface area contributed by atoms with E-state index in [-0.39, 0.29) is 11.7 Å². The van der Waals surface area contributed by atoms with Crippen LogP contribution in [0, 0.1) is 11.8 Å². The van der Waals surface area contributed by atoms with E-state index in [2.05, 4.69) is 19.5 Å². The van der Waals surface area contributed by atoms with E-state index in [1.54, 1.807) is 13.8 Å². The van der Waals surface area contributed by atoms with Crippen LogP contribution in [-0.4, -0.2) is 69.1 Å². The molecule has 3 saturated heterocycles. The quantitative estimate of drug-likeness (QED) is 0.640. The fourth-order valence-electron chi connectivity index (χ4n) is 5.72. The van der Waals surface area contributed by atoms with Gasteiger partial charge in [0.25, 0.3) is 0 Å². The molecule has 1 unspecified atom stereocenters. The van der Waals surface area contributed by atoms with Gasteiger partial charge < -0.3 is 20.5 Å². The summed E-state index contributed by atoms with van der Waals surface area (Å²) in [7, 11) is 0. The minimum atomic E-state index is -4.88. The molecule has 5 aliphatic rings. The van der Waals surface area contributed by atoms with Crippen LogP contribution in [0.2, 0.25) is 0 Å². The van der Waals surface area contributed by atoms with Crippen molar-refractivity contribution in [1.29, 1.82) is 0 Å². The van der Waals surface area contributed by atoms with Crippen LogP contribution < -0.4 is 15.4 Å². The molecule has 4 fully saturated rings. The predicted octanol–water partition coefficient (Wildman–Crippen LogP) is 3.09. The Morgan fingerprint density at radius 3 is 2.49 bits per heavy atom. The number of hydrogen-bond acceptors (Lipinski definition) is 8. The lowest BCUT2D eigenvalue weighted by Gasteiger charge is -2.26. The van der Waals surface area contributed by atoms with Gasteiger partial charge in [0.2, 0.25) is 5.95 Å². The Kier molecular flexibility index (Phi) is 4.85. The van der Waals surface area contributed by atoms with Gasteiger partial charge in [-0.2, -0.15) is 0 Å². The number of rotatable bonds is 6. The van der Waals surface area contributed by atoms with Crippen molar-refractivity contribution in [2.45, 2.75) is 44.7 Å². The molecule has 1 saturated carbocycles. The number of fused-ring (bicyclic) bond motifs is 2. The van der Waals surface area contributed by atoms with Crippen molar-refractivity contribution in [3.05, 3.63) is 29.6 Å². The highest BCUT2D eigenvalue weighted by Gasteiger charge is 2.47. The van der Waals surface area contributed by atoms with Gasteiger partial charge in [0.15, 0.2) is 11.6 Å². The van der Waals surface area contributed by atoms with Crippen molar-refractivity contribution >= 4 is 17.3 Å². The van der Waals surface area contributed by atoms with Crippen LogP contribution in [0.5, 0.6) is 5.75 Å². The zero-order valence-electron chi connectivity index (χ0n) is 19.5. The summed E-state index contributed by atoms with van der Waals surface area (Å²) in [4.78, 5) is 18.0. The summed E-state index contributed by atoms with van der Waals surface area (Å²) in [6.45, 7) is 6.69. The predicted molar refractivity (Wildman–Crippen MR) is 123 cm³/mol. The molecule has 0 spiro atoms. The maximum atomic E-state index is 12.9. The second-order valence-corrected chi connectivity index (χ2v) is 10.7. The van der Waals surface area contributed by atoms with E-state index in [0.717, 1.165) is 38.2 Å². The summed E-state index contributed by atoms with van der Waals surface area (Å²) in [5.41, 5.74) is 9.00. The summed E-state index contributed by atoms with van der Waals surface area (Å²) < 4.78 is 42.6. The summed E-state index contributed by atoms with van der Waals surface area (Å²) in [5, 5.41) is 10.1. The molecule has 3 N–H and O–H groups in total. The van der Waals surface area contributed by atoms with Crippen LogP contribution in [-0.2, 0) is 0 Å². The normalized spacial score (nSPS) is 25.7. The highest BCUT2D eigenvalue weighted by Crippen LogP contribution is 2.52. The van der Waals surface area contributed by atoms with Crippen molar-refractivity contribution in [3.63, 3.8) is 0 Å². The Bertz CT molecular complexity index is 1220. The number of nitrogen functional groups attached to an aromatic ring is 1. The van der Waals surface area contributed by atoms with E-state index < -0.39 is 17.7 Å². The molecule has 35 heavy (non-hydrogen) atoms. The van der Waals surface area contributed by atoms with E-state index in [1.807, 2.05) is 6.07 Å².